The number of para-hydroxylation sites is 1. The Labute approximate surface area is 152 Å². The van der Waals surface area contributed by atoms with E-state index in [1.807, 2.05) is 48.7 Å². The van der Waals surface area contributed by atoms with Crippen LogP contribution in [0.1, 0.15) is 5.56 Å². The van der Waals surface area contributed by atoms with E-state index < -0.39 is 0 Å². The molecule has 2 aromatic carbocycles. The molecule has 25 heavy (non-hydrogen) atoms. The van der Waals surface area contributed by atoms with E-state index in [0.29, 0.717) is 18.1 Å². The molecule has 0 saturated heterocycles. The molecule has 0 heterocycles. The number of carbonyl (C=O) groups is 1. The zero-order chi connectivity index (χ0) is 18.1. The molecule has 0 unspecified atom stereocenters. The van der Waals surface area contributed by atoms with Crippen LogP contribution in [0.5, 0.6) is 11.5 Å². The van der Waals surface area contributed by atoms with E-state index in [-0.39, 0.29) is 5.91 Å². The fraction of sp³-hybridized carbons (Fsp3) is 0.150. The van der Waals surface area contributed by atoms with E-state index in [1.54, 1.807) is 31.0 Å². The number of hydrogen-bond donors (Lipinski definition) is 1. The second-order valence-electron chi connectivity index (χ2n) is 5.03. The minimum atomic E-state index is -0.188. The lowest BCUT2D eigenvalue weighted by atomic mass is 10.2. The highest BCUT2D eigenvalue weighted by Crippen LogP contribution is 2.28. The molecule has 0 spiro atoms. The number of nitrogens with one attached hydrogen (secondary N) is 1. The Morgan fingerprint density at radius 3 is 2.76 bits per heavy atom. The second kappa shape index (κ2) is 9.59. The number of carbonyl (C=O) groups excluding carboxylic acids is 1. The molecule has 2 rings (SSSR count). The minimum Gasteiger partial charge on any atom is -0.493 e. The summed E-state index contributed by atoms with van der Waals surface area (Å²) in [5, 5.41) is 2.89. The Morgan fingerprint density at radius 1 is 1.24 bits per heavy atom. The first-order valence-corrected chi connectivity index (χ1v) is 8.94. The number of rotatable bonds is 8. The smallest absolute Gasteiger partial charge is 0.248 e. The van der Waals surface area contributed by atoms with Gasteiger partial charge < -0.3 is 14.8 Å². The summed E-state index contributed by atoms with van der Waals surface area (Å²) in [5.74, 6) is 1.06. The first kappa shape index (κ1) is 18.7. The summed E-state index contributed by atoms with van der Waals surface area (Å²) >= 11 is 1.59. The number of amides is 1. The van der Waals surface area contributed by atoms with Gasteiger partial charge in [-0.1, -0.05) is 30.9 Å². The van der Waals surface area contributed by atoms with E-state index in [0.717, 1.165) is 16.1 Å². The van der Waals surface area contributed by atoms with Crippen LogP contribution in [-0.4, -0.2) is 25.9 Å². The molecule has 0 bridgehead atoms. The molecule has 0 aliphatic rings. The first-order valence-electron chi connectivity index (χ1n) is 7.71. The summed E-state index contributed by atoms with van der Waals surface area (Å²) in [6.45, 7) is 4.03. The maximum Gasteiger partial charge on any atom is 0.248 e. The van der Waals surface area contributed by atoms with Crippen molar-refractivity contribution >= 4 is 29.4 Å². The van der Waals surface area contributed by atoms with Gasteiger partial charge in [0.25, 0.3) is 0 Å². The van der Waals surface area contributed by atoms with Crippen LogP contribution in [-0.2, 0) is 4.79 Å². The molecular weight excluding hydrogens is 334 g/mol. The molecule has 1 amide bonds. The zero-order valence-corrected chi connectivity index (χ0v) is 15.1. The third kappa shape index (κ3) is 5.43. The molecule has 130 valence electrons. The standard InChI is InChI=1S/C20H21NO3S/c1-4-13-24-17-11-9-15(14-18(17)23-2)10-12-20(22)21-16-7-5-6-8-19(16)25-3/h4-12,14H,1,13H2,2-3H3,(H,21,22)/b12-10+. The molecule has 0 saturated carbocycles. The number of ether oxygens (including phenoxy) is 2. The van der Waals surface area contributed by atoms with Crippen molar-refractivity contribution in [3.63, 3.8) is 0 Å². The van der Waals surface area contributed by atoms with E-state index >= 15 is 0 Å². The van der Waals surface area contributed by atoms with Crippen LogP contribution in [0, 0.1) is 0 Å². The van der Waals surface area contributed by atoms with Gasteiger partial charge in [-0.3, -0.25) is 4.79 Å². The monoisotopic (exact) mass is 355 g/mol. The molecule has 0 atom stereocenters. The Kier molecular flexibility index (Phi) is 7.16. The lowest BCUT2D eigenvalue weighted by molar-refractivity contribution is -0.111. The highest BCUT2D eigenvalue weighted by Gasteiger charge is 2.05. The Hall–Kier alpha value is -2.66. The molecule has 5 heteroatoms. The normalized spacial score (nSPS) is 10.5. The van der Waals surface area contributed by atoms with Crippen molar-refractivity contribution in [2.75, 3.05) is 25.3 Å². The van der Waals surface area contributed by atoms with Crippen LogP contribution < -0.4 is 14.8 Å². The van der Waals surface area contributed by atoms with Gasteiger partial charge in [-0.25, -0.2) is 0 Å². The molecule has 0 aromatic heterocycles. The van der Waals surface area contributed by atoms with Crippen LogP contribution in [0.2, 0.25) is 0 Å². The topological polar surface area (TPSA) is 47.6 Å². The molecule has 0 aliphatic heterocycles. The van der Waals surface area contributed by atoms with Crippen molar-refractivity contribution in [1.29, 1.82) is 0 Å². The second-order valence-corrected chi connectivity index (χ2v) is 5.88. The van der Waals surface area contributed by atoms with E-state index in [1.165, 1.54) is 6.08 Å². The summed E-state index contributed by atoms with van der Waals surface area (Å²) in [6, 6.07) is 13.2. The number of thioether (sulfide) groups is 1. The number of anilines is 1. The van der Waals surface area contributed by atoms with Crippen LogP contribution in [0.4, 0.5) is 5.69 Å². The van der Waals surface area contributed by atoms with Crippen molar-refractivity contribution in [2.45, 2.75) is 4.90 Å². The van der Waals surface area contributed by atoms with Crippen LogP contribution >= 0.6 is 11.8 Å². The predicted molar refractivity (Wildman–Crippen MR) is 105 cm³/mol. The molecule has 2 aromatic rings. The predicted octanol–water partition coefficient (Wildman–Crippen LogP) is 4.63. The highest BCUT2D eigenvalue weighted by molar-refractivity contribution is 7.98. The number of methoxy groups -OCH3 is 1. The number of benzene rings is 2. The average Bonchev–Trinajstić information content (AvgIpc) is 2.65. The largest absolute Gasteiger partial charge is 0.493 e. The third-order valence-corrected chi connectivity index (χ3v) is 4.13. The van der Waals surface area contributed by atoms with Gasteiger partial charge in [-0.05, 0) is 42.2 Å². The average molecular weight is 355 g/mol. The maximum absolute atomic E-state index is 12.1. The summed E-state index contributed by atoms with van der Waals surface area (Å²) in [6.07, 6.45) is 6.88. The highest BCUT2D eigenvalue weighted by atomic mass is 32.2. The minimum absolute atomic E-state index is 0.188. The molecule has 1 N–H and O–H groups in total. The van der Waals surface area contributed by atoms with Gasteiger partial charge in [0.2, 0.25) is 5.91 Å². The fourth-order valence-electron chi connectivity index (χ4n) is 2.15. The lowest BCUT2D eigenvalue weighted by Crippen LogP contribution is -2.08. The van der Waals surface area contributed by atoms with Gasteiger partial charge in [-0.2, -0.15) is 0 Å². The Bertz CT molecular complexity index is 771. The first-order chi connectivity index (χ1) is 12.2. The van der Waals surface area contributed by atoms with E-state index in [9.17, 15) is 4.79 Å². The van der Waals surface area contributed by atoms with E-state index in [2.05, 4.69) is 11.9 Å². The summed E-state index contributed by atoms with van der Waals surface area (Å²) in [5.41, 5.74) is 1.64. The fourth-order valence-corrected chi connectivity index (χ4v) is 2.70. The van der Waals surface area contributed by atoms with Gasteiger partial charge >= 0.3 is 0 Å². The van der Waals surface area contributed by atoms with Crippen molar-refractivity contribution in [3.8, 4) is 11.5 Å². The van der Waals surface area contributed by atoms with Gasteiger partial charge in [0, 0.05) is 11.0 Å². The quantitative estimate of drug-likeness (QED) is 0.426. The van der Waals surface area contributed by atoms with Crippen molar-refractivity contribution < 1.29 is 14.3 Å². The van der Waals surface area contributed by atoms with Gasteiger partial charge in [-0.15, -0.1) is 11.8 Å². The molecule has 0 aliphatic carbocycles. The molecular formula is C20H21NO3S. The summed E-state index contributed by atoms with van der Waals surface area (Å²) < 4.78 is 10.8. The maximum atomic E-state index is 12.1. The van der Waals surface area contributed by atoms with Crippen molar-refractivity contribution in [1.82, 2.24) is 0 Å². The van der Waals surface area contributed by atoms with Crippen LogP contribution in [0.25, 0.3) is 6.08 Å². The van der Waals surface area contributed by atoms with Crippen molar-refractivity contribution in [3.05, 3.63) is 66.8 Å². The molecule has 4 nitrogen and oxygen atoms in total. The SMILES string of the molecule is C=CCOc1ccc(/C=C/C(=O)Nc2ccccc2SC)cc1OC. The molecule has 0 fully saturated rings. The van der Waals surface area contributed by atoms with Gasteiger partial charge in [0.1, 0.15) is 6.61 Å². The van der Waals surface area contributed by atoms with Gasteiger partial charge in [0.15, 0.2) is 11.5 Å². The summed E-state index contributed by atoms with van der Waals surface area (Å²) in [4.78, 5) is 13.2. The zero-order valence-electron chi connectivity index (χ0n) is 14.3. The lowest BCUT2D eigenvalue weighted by Gasteiger charge is -2.10. The van der Waals surface area contributed by atoms with Gasteiger partial charge in [0.05, 0.1) is 12.8 Å². The van der Waals surface area contributed by atoms with Crippen LogP contribution in [0.3, 0.4) is 0 Å². The molecule has 0 radical (unpaired) electrons. The van der Waals surface area contributed by atoms with Crippen LogP contribution in [0.15, 0.2) is 66.1 Å². The number of hydrogen-bond acceptors (Lipinski definition) is 4. The third-order valence-electron chi connectivity index (χ3n) is 3.34. The Balaban J connectivity index is 2.07. The Morgan fingerprint density at radius 2 is 2.04 bits per heavy atom. The summed E-state index contributed by atoms with van der Waals surface area (Å²) in [7, 11) is 1.58. The van der Waals surface area contributed by atoms with Crippen molar-refractivity contribution in [2.24, 2.45) is 0 Å². The van der Waals surface area contributed by atoms with E-state index in [4.69, 9.17) is 9.47 Å².